The molecule has 0 fully saturated rings. The number of anilines is 1. The Morgan fingerprint density at radius 2 is 1.61 bits per heavy atom. The fourth-order valence-corrected chi connectivity index (χ4v) is 5.62. The van der Waals surface area contributed by atoms with E-state index in [1.807, 2.05) is 19.9 Å². The van der Waals surface area contributed by atoms with Crippen molar-refractivity contribution >= 4 is 50.7 Å². The van der Waals surface area contributed by atoms with Gasteiger partial charge >= 0.3 is 0 Å². The minimum Gasteiger partial charge on any atom is -0.355 e. The Labute approximate surface area is 234 Å². The van der Waals surface area contributed by atoms with E-state index in [1.165, 1.54) is 17.0 Å². The van der Waals surface area contributed by atoms with Crippen LogP contribution in [0.2, 0.25) is 10.0 Å². The van der Waals surface area contributed by atoms with Gasteiger partial charge in [0.25, 0.3) is 10.0 Å². The summed E-state index contributed by atoms with van der Waals surface area (Å²) < 4.78 is 28.7. The van der Waals surface area contributed by atoms with Gasteiger partial charge in [-0.15, -0.1) is 0 Å². The van der Waals surface area contributed by atoms with Crippen LogP contribution in [0.1, 0.15) is 30.5 Å². The first-order valence-electron chi connectivity index (χ1n) is 12.1. The molecule has 2 amide bonds. The number of carbonyl (C=O) groups excluding carboxylic acids is 2. The number of amides is 2. The molecule has 0 saturated heterocycles. The van der Waals surface area contributed by atoms with Crippen LogP contribution in [0.15, 0.2) is 71.6 Å². The van der Waals surface area contributed by atoms with Crippen LogP contribution in [-0.2, 0) is 26.2 Å². The molecule has 202 valence electrons. The maximum Gasteiger partial charge on any atom is 0.264 e. The van der Waals surface area contributed by atoms with Crippen molar-refractivity contribution in [2.45, 2.75) is 45.2 Å². The van der Waals surface area contributed by atoms with Crippen LogP contribution in [0.3, 0.4) is 0 Å². The van der Waals surface area contributed by atoms with E-state index in [-0.39, 0.29) is 17.3 Å². The van der Waals surface area contributed by atoms with Gasteiger partial charge in [0.2, 0.25) is 11.8 Å². The highest BCUT2D eigenvalue weighted by molar-refractivity contribution is 7.92. The number of carbonyl (C=O) groups is 2. The maximum absolute atomic E-state index is 13.8. The predicted octanol–water partition coefficient (Wildman–Crippen LogP) is 5.36. The van der Waals surface area contributed by atoms with Gasteiger partial charge in [0, 0.05) is 13.1 Å². The molecule has 0 aromatic heterocycles. The van der Waals surface area contributed by atoms with E-state index in [9.17, 15) is 18.0 Å². The van der Waals surface area contributed by atoms with Gasteiger partial charge in [-0.2, -0.15) is 0 Å². The van der Waals surface area contributed by atoms with Crippen LogP contribution in [0.4, 0.5) is 5.69 Å². The molecule has 3 aromatic carbocycles. The number of aryl methyl sites for hydroxylation is 2. The average molecular weight is 577 g/mol. The highest BCUT2D eigenvalue weighted by Crippen LogP contribution is 2.27. The maximum atomic E-state index is 13.8. The minimum absolute atomic E-state index is 0.0280. The SMILES string of the molecule is CCNC(=O)[C@@H](C)N(Cc1ccc(Cl)c(Cl)c1)C(=O)CN(c1cccc(C)c1)S(=O)(=O)c1ccc(C)cc1. The molecule has 0 spiro atoms. The molecular formula is C28H31Cl2N3O4S. The first-order valence-corrected chi connectivity index (χ1v) is 14.3. The smallest absolute Gasteiger partial charge is 0.264 e. The van der Waals surface area contributed by atoms with Gasteiger partial charge < -0.3 is 10.2 Å². The van der Waals surface area contributed by atoms with E-state index in [2.05, 4.69) is 5.32 Å². The number of likely N-dealkylation sites (N-methyl/N-ethyl adjacent to an activating group) is 1. The summed E-state index contributed by atoms with van der Waals surface area (Å²) in [6.45, 7) is 6.99. The van der Waals surface area contributed by atoms with Crippen molar-refractivity contribution in [3.63, 3.8) is 0 Å². The molecule has 3 rings (SSSR count). The fourth-order valence-electron chi connectivity index (χ4n) is 3.89. The monoisotopic (exact) mass is 575 g/mol. The molecule has 0 aliphatic rings. The van der Waals surface area contributed by atoms with E-state index in [4.69, 9.17) is 23.2 Å². The van der Waals surface area contributed by atoms with Crippen LogP contribution < -0.4 is 9.62 Å². The summed E-state index contributed by atoms with van der Waals surface area (Å²) in [6, 6.07) is 17.4. The minimum atomic E-state index is -4.11. The second kappa shape index (κ2) is 12.7. The molecule has 0 radical (unpaired) electrons. The molecule has 0 heterocycles. The highest BCUT2D eigenvalue weighted by atomic mass is 35.5. The largest absolute Gasteiger partial charge is 0.355 e. The number of hydrogen-bond donors (Lipinski definition) is 1. The molecule has 7 nitrogen and oxygen atoms in total. The summed E-state index contributed by atoms with van der Waals surface area (Å²) in [7, 11) is -4.11. The second-order valence-corrected chi connectivity index (χ2v) is 11.7. The Balaban J connectivity index is 2.04. The lowest BCUT2D eigenvalue weighted by atomic mass is 10.1. The summed E-state index contributed by atoms with van der Waals surface area (Å²) in [6.07, 6.45) is 0. The van der Waals surface area contributed by atoms with Crippen LogP contribution in [0, 0.1) is 13.8 Å². The van der Waals surface area contributed by atoms with E-state index in [0.717, 1.165) is 15.4 Å². The standard InChI is InChI=1S/C28H31Cl2N3O4S/c1-5-31-28(35)21(4)32(17-22-11-14-25(29)26(30)16-22)27(34)18-33(23-8-6-7-20(3)15-23)38(36,37)24-12-9-19(2)10-13-24/h6-16,21H,5,17-18H2,1-4H3,(H,31,35)/t21-/m1/s1. The molecule has 1 N–H and O–H groups in total. The summed E-state index contributed by atoms with van der Waals surface area (Å²) in [5, 5.41) is 3.40. The Hall–Kier alpha value is -3.07. The van der Waals surface area contributed by atoms with E-state index in [1.54, 1.807) is 62.4 Å². The third-order valence-corrected chi connectivity index (χ3v) is 8.56. The lowest BCUT2D eigenvalue weighted by Crippen LogP contribution is -2.51. The van der Waals surface area contributed by atoms with Gasteiger partial charge in [-0.05, 0) is 75.2 Å². The van der Waals surface area contributed by atoms with Crippen LogP contribution >= 0.6 is 23.2 Å². The summed E-state index contributed by atoms with van der Waals surface area (Å²) in [4.78, 5) is 28.0. The Kier molecular flexibility index (Phi) is 9.82. The first-order chi connectivity index (χ1) is 17.9. The number of halogens is 2. The van der Waals surface area contributed by atoms with Gasteiger partial charge in [-0.1, -0.05) is 59.1 Å². The topological polar surface area (TPSA) is 86.8 Å². The lowest BCUT2D eigenvalue weighted by molar-refractivity contribution is -0.139. The van der Waals surface area contributed by atoms with Crippen molar-refractivity contribution in [1.29, 1.82) is 0 Å². The zero-order chi connectivity index (χ0) is 28.0. The Bertz CT molecular complexity index is 1410. The fraction of sp³-hybridized carbons (Fsp3) is 0.286. The van der Waals surface area contributed by atoms with E-state index in [0.29, 0.717) is 27.8 Å². The molecule has 0 unspecified atom stereocenters. The molecule has 0 aliphatic carbocycles. The second-order valence-electron chi connectivity index (χ2n) is 9.00. The number of benzene rings is 3. The van der Waals surface area contributed by atoms with Gasteiger partial charge in [-0.25, -0.2) is 8.42 Å². The number of nitrogens with zero attached hydrogens (tertiary/aromatic N) is 2. The third-order valence-electron chi connectivity index (χ3n) is 6.03. The van der Waals surface area contributed by atoms with Crippen LogP contribution in [-0.4, -0.2) is 44.3 Å². The molecule has 10 heteroatoms. The van der Waals surface area contributed by atoms with Crippen molar-refractivity contribution in [2.24, 2.45) is 0 Å². The van der Waals surface area contributed by atoms with Gasteiger partial charge in [-0.3, -0.25) is 13.9 Å². The van der Waals surface area contributed by atoms with Crippen molar-refractivity contribution < 1.29 is 18.0 Å². The third kappa shape index (κ3) is 7.07. The molecule has 38 heavy (non-hydrogen) atoms. The highest BCUT2D eigenvalue weighted by Gasteiger charge is 2.32. The molecule has 1 atom stereocenters. The number of rotatable bonds is 10. The number of nitrogens with one attached hydrogen (secondary N) is 1. The van der Waals surface area contributed by atoms with E-state index < -0.39 is 28.5 Å². The van der Waals surface area contributed by atoms with Crippen molar-refractivity contribution in [3.05, 3.63) is 93.5 Å². The quantitative estimate of drug-likeness (QED) is 0.352. The normalized spacial score (nSPS) is 12.1. The summed E-state index contributed by atoms with van der Waals surface area (Å²) in [5.74, 6) is -0.906. The van der Waals surface area contributed by atoms with Gasteiger partial charge in [0.1, 0.15) is 12.6 Å². The molecule has 0 saturated carbocycles. The Morgan fingerprint density at radius 3 is 2.21 bits per heavy atom. The number of hydrogen-bond acceptors (Lipinski definition) is 4. The Morgan fingerprint density at radius 1 is 0.921 bits per heavy atom. The molecule has 0 aliphatic heterocycles. The first kappa shape index (κ1) is 29.5. The zero-order valence-corrected chi connectivity index (χ0v) is 24.1. The van der Waals surface area contributed by atoms with Crippen molar-refractivity contribution in [2.75, 3.05) is 17.4 Å². The van der Waals surface area contributed by atoms with Crippen molar-refractivity contribution in [1.82, 2.24) is 10.2 Å². The van der Waals surface area contributed by atoms with Crippen LogP contribution in [0.25, 0.3) is 0 Å². The molecular weight excluding hydrogens is 545 g/mol. The van der Waals surface area contributed by atoms with Gasteiger partial charge in [0.15, 0.2) is 0 Å². The lowest BCUT2D eigenvalue weighted by Gasteiger charge is -2.32. The summed E-state index contributed by atoms with van der Waals surface area (Å²) >= 11 is 12.2. The van der Waals surface area contributed by atoms with E-state index >= 15 is 0 Å². The van der Waals surface area contributed by atoms with Gasteiger partial charge in [0.05, 0.1) is 20.6 Å². The predicted molar refractivity (Wildman–Crippen MR) is 152 cm³/mol. The number of sulfonamides is 1. The average Bonchev–Trinajstić information content (AvgIpc) is 2.87. The van der Waals surface area contributed by atoms with Crippen LogP contribution in [0.5, 0.6) is 0 Å². The zero-order valence-electron chi connectivity index (χ0n) is 21.7. The molecule has 3 aromatic rings. The van der Waals surface area contributed by atoms with Crippen molar-refractivity contribution in [3.8, 4) is 0 Å². The molecule has 0 bridgehead atoms. The summed E-state index contributed by atoms with van der Waals surface area (Å²) in [5.41, 5.74) is 2.74.